The number of piperidine rings is 1. The van der Waals surface area contributed by atoms with Crippen molar-refractivity contribution in [1.29, 1.82) is 0 Å². The summed E-state index contributed by atoms with van der Waals surface area (Å²) in [6, 6.07) is 8.40. The molecule has 2 aliphatic heterocycles. The maximum absolute atomic E-state index is 13.0. The van der Waals surface area contributed by atoms with E-state index in [9.17, 15) is 22.8 Å². The summed E-state index contributed by atoms with van der Waals surface area (Å²) in [7, 11) is 0. The second kappa shape index (κ2) is 9.57. The predicted octanol–water partition coefficient (Wildman–Crippen LogP) is 5.15. The first-order chi connectivity index (χ1) is 19.4. The number of fused-ring (bicyclic) bond motifs is 2. The third kappa shape index (κ3) is 4.76. The molecule has 0 aliphatic carbocycles. The van der Waals surface area contributed by atoms with Crippen LogP contribution in [0.3, 0.4) is 0 Å². The van der Waals surface area contributed by atoms with Crippen LogP contribution in [0.25, 0.3) is 16.8 Å². The quantitative estimate of drug-likeness (QED) is 0.355. The van der Waals surface area contributed by atoms with E-state index in [0.717, 1.165) is 43.4 Å². The van der Waals surface area contributed by atoms with E-state index in [-0.39, 0.29) is 34.7 Å². The Hall–Kier alpha value is -4.48. The molecular weight excluding hydrogens is 535 g/mol. The molecule has 5 heterocycles. The van der Waals surface area contributed by atoms with Crippen LogP contribution in [0.4, 0.5) is 24.8 Å². The van der Waals surface area contributed by atoms with Gasteiger partial charge in [0.25, 0.3) is 5.91 Å². The molecule has 2 aliphatic rings. The molecule has 12 heteroatoms. The fourth-order valence-electron chi connectivity index (χ4n) is 5.98. The van der Waals surface area contributed by atoms with Gasteiger partial charge in [-0.25, -0.2) is 15.0 Å². The molecule has 6 rings (SSSR count). The van der Waals surface area contributed by atoms with Crippen molar-refractivity contribution in [1.82, 2.24) is 24.3 Å². The van der Waals surface area contributed by atoms with Crippen molar-refractivity contribution >= 4 is 29.0 Å². The Bertz CT molecular complexity index is 1660. The summed E-state index contributed by atoms with van der Waals surface area (Å²) in [6.45, 7) is 4.58. The molecule has 2 amide bonds. The summed E-state index contributed by atoms with van der Waals surface area (Å²) in [5.74, 6) is 0.464. The van der Waals surface area contributed by atoms with E-state index in [1.807, 2.05) is 29.3 Å². The summed E-state index contributed by atoms with van der Waals surface area (Å²) in [5, 5.41) is 2.41. The number of aromatic nitrogens is 4. The number of hydrogen-bond acceptors (Lipinski definition) is 6. The average molecular weight is 564 g/mol. The number of amides is 2. The highest BCUT2D eigenvalue weighted by molar-refractivity contribution is 6.04. The van der Waals surface area contributed by atoms with E-state index in [1.54, 1.807) is 30.5 Å². The monoisotopic (exact) mass is 563 g/mol. The molecule has 2 saturated heterocycles. The van der Waals surface area contributed by atoms with Gasteiger partial charge in [0, 0.05) is 53.6 Å². The zero-order valence-electron chi connectivity index (χ0n) is 22.4. The van der Waals surface area contributed by atoms with Crippen LogP contribution < -0.4 is 11.1 Å². The van der Waals surface area contributed by atoms with E-state index in [4.69, 9.17) is 10.7 Å². The first kappa shape index (κ1) is 26.7. The third-order valence-corrected chi connectivity index (χ3v) is 8.02. The van der Waals surface area contributed by atoms with Crippen LogP contribution in [0.1, 0.15) is 60.8 Å². The standard InChI is InChI=1S/C29H28F3N7O2/c1-28(2)14-20-8-7-18(15-39(20)27(28)41)25-37-22(23-24(33)35-11-12-38(23)25)16-3-5-17(6-4-16)26(40)36-21-13-19(9-10-34-21)29(30,31)32/h3-6,9-13,18,20H,7-8,14-15H2,1-2H3,(H2,33,35)(H,34,36,40)/t18-,20+/m1/s1. The van der Waals surface area contributed by atoms with Crippen molar-refractivity contribution in [2.45, 2.75) is 51.2 Å². The zero-order chi connectivity index (χ0) is 29.1. The molecule has 0 saturated carbocycles. The molecule has 9 nitrogen and oxygen atoms in total. The van der Waals surface area contributed by atoms with Crippen LogP contribution in [0.5, 0.6) is 0 Å². The van der Waals surface area contributed by atoms with Gasteiger partial charge in [-0.1, -0.05) is 26.0 Å². The number of nitrogen functional groups attached to an aromatic ring is 1. The number of carbonyl (C=O) groups is 2. The van der Waals surface area contributed by atoms with Crippen LogP contribution >= 0.6 is 0 Å². The Balaban J connectivity index is 1.28. The number of anilines is 2. The van der Waals surface area contributed by atoms with Gasteiger partial charge in [-0.2, -0.15) is 13.2 Å². The Kier molecular flexibility index (Phi) is 6.24. The van der Waals surface area contributed by atoms with Crippen LogP contribution in [-0.4, -0.2) is 48.7 Å². The molecule has 0 radical (unpaired) electrons. The number of rotatable bonds is 4. The maximum Gasteiger partial charge on any atom is 0.416 e. The number of nitrogens with one attached hydrogen (secondary N) is 1. The molecule has 1 aromatic carbocycles. The first-order valence-corrected chi connectivity index (χ1v) is 13.3. The molecular formula is C29H28F3N7O2. The van der Waals surface area contributed by atoms with Gasteiger partial charge in [0.15, 0.2) is 0 Å². The Morgan fingerprint density at radius 3 is 2.59 bits per heavy atom. The van der Waals surface area contributed by atoms with Crippen molar-refractivity contribution in [2.75, 3.05) is 17.6 Å². The van der Waals surface area contributed by atoms with E-state index in [0.29, 0.717) is 29.1 Å². The molecule has 3 N–H and O–H groups in total. The number of benzene rings is 1. The minimum Gasteiger partial charge on any atom is -0.382 e. The van der Waals surface area contributed by atoms with Gasteiger partial charge >= 0.3 is 6.18 Å². The van der Waals surface area contributed by atoms with Gasteiger partial charge in [0.2, 0.25) is 5.91 Å². The highest BCUT2D eigenvalue weighted by Crippen LogP contribution is 2.43. The first-order valence-electron chi connectivity index (χ1n) is 13.3. The molecule has 2 atom stereocenters. The van der Waals surface area contributed by atoms with Crippen LogP contribution in [-0.2, 0) is 11.0 Å². The number of nitrogens with zero attached hydrogens (tertiary/aromatic N) is 5. The smallest absolute Gasteiger partial charge is 0.382 e. The highest BCUT2D eigenvalue weighted by atomic mass is 19.4. The maximum atomic E-state index is 13.0. The lowest BCUT2D eigenvalue weighted by Crippen LogP contribution is -2.42. The minimum atomic E-state index is -4.55. The lowest BCUT2D eigenvalue weighted by atomic mass is 9.87. The van der Waals surface area contributed by atoms with Crippen molar-refractivity contribution in [2.24, 2.45) is 5.41 Å². The second-order valence-corrected chi connectivity index (χ2v) is 11.3. The summed E-state index contributed by atoms with van der Waals surface area (Å²) in [4.78, 5) is 40.8. The van der Waals surface area contributed by atoms with Gasteiger partial charge in [-0.05, 0) is 43.5 Å². The SMILES string of the molecule is CC1(C)C[C@@H]2CC[C@@H](c3nc(-c4ccc(C(=O)Nc5cc(C(F)(F)F)ccn5)cc4)c4c(N)nccn34)CN2C1=O. The van der Waals surface area contributed by atoms with Gasteiger partial charge in [0.1, 0.15) is 28.7 Å². The zero-order valence-corrected chi connectivity index (χ0v) is 22.4. The lowest BCUT2D eigenvalue weighted by molar-refractivity contribution is -0.138. The summed E-state index contributed by atoms with van der Waals surface area (Å²) >= 11 is 0. The Morgan fingerprint density at radius 1 is 1.10 bits per heavy atom. The van der Waals surface area contributed by atoms with Crippen molar-refractivity contribution in [3.05, 3.63) is 71.9 Å². The topological polar surface area (TPSA) is 119 Å². The largest absolute Gasteiger partial charge is 0.416 e. The lowest BCUT2D eigenvalue weighted by Gasteiger charge is -2.34. The van der Waals surface area contributed by atoms with E-state index in [1.165, 1.54) is 0 Å². The van der Waals surface area contributed by atoms with Crippen LogP contribution in [0.15, 0.2) is 55.0 Å². The molecule has 4 aromatic rings. The number of hydrogen-bond donors (Lipinski definition) is 2. The van der Waals surface area contributed by atoms with Crippen molar-refractivity contribution in [3.8, 4) is 11.3 Å². The number of nitrogens with two attached hydrogens (primary N) is 1. The summed E-state index contributed by atoms with van der Waals surface area (Å²) < 4.78 is 41.0. The van der Waals surface area contributed by atoms with Crippen LogP contribution in [0, 0.1) is 5.41 Å². The number of carbonyl (C=O) groups excluding carboxylic acids is 2. The molecule has 0 spiro atoms. The molecule has 2 fully saturated rings. The third-order valence-electron chi connectivity index (χ3n) is 8.02. The molecule has 0 unspecified atom stereocenters. The predicted molar refractivity (Wildman–Crippen MR) is 146 cm³/mol. The molecule has 3 aromatic heterocycles. The van der Waals surface area contributed by atoms with Gasteiger partial charge < -0.3 is 16.0 Å². The minimum absolute atomic E-state index is 0.0113. The second-order valence-electron chi connectivity index (χ2n) is 11.3. The number of alkyl halides is 3. The van der Waals surface area contributed by atoms with E-state index >= 15 is 0 Å². The van der Waals surface area contributed by atoms with E-state index < -0.39 is 17.6 Å². The van der Waals surface area contributed by atoms with Gasteiger partial charge in [-0.3, -0.25) is 14.0 Å². The van der Waals surface area contributed by atoms with Gasteiger partial charge in [0.05, 0.1) is 5.56 Å². The van der Waals surface area contributed by atoms with E-state index in [2.05, 4.69) is 15.3 Å². The van der Waals surface area contributed by atoms with Gasteiger partial charge in [-0.15, -0.1) is 0 Å². The Labute approximate surface area is 233 Å². The number of imidazole rings is 1. The average Bonchev–Trinajstić information content (AvgIpc) is 3.43. The normalized spacial score (nSPS) is 20.3. The number of halogens is 3. The highest BCUT2D eigenvalue weighted by Gasteiger charge is 2.48. The molecule has 0 bridgehead atoms. The Morgan fingerprint density at radius 2 is 1.85 bits per heavy atom. The summed E-state index contributed by atoms with van der Waals surface area (Å²) in [5.41, 5.74) is 7.17. The molecule has 41 heavy (non-hydrogen) atoms. The number of pyridine rings is 1. The summed E-state index contributed by atoms with van der Waals surface area (Å²) in [6.07, 6.45) is 2.50. The van der Waals surface area contributed by atoms with Crippen LogP contribution in [0.2, 0.25) is 0 Å². The fraction of sp³-hybridized carbons (Fsp3) is 0.345. The van der Waals surface area contributed by atoms with Crippen molar-refractivity contribution in [3.63, 3.8) is 0 Å². The van der Waals surface area contributed by atoms with Crippen molar-refractivity contribution < 1.29 is 22.8 Å². The fourth-order valence-corrected chi connectivity index (χ4v) is 5.98. The molecule has 212 valence electrons.